The van der Waals surface area contributed by atoms with E-state index in [1.165, 1.54) is 22.3 Å². The van der Waals surface area contributed by atoms with Gasteiger partial charge in [0.2, 0.25) is 0 Å². The molecule has 6 heterocycles. The van der Waals surface area contributed by atoms with Crippen LogP contribution in [0, 0.1) is 0 Å². The molecule has 6 aromatic heterocycles. The lowest BCUT2D eigenvalue weighted by molar-refractivity contribution is 0.0898. The highest BCUT2D eigenvalue weighted by Crippen LogP contribution is 2.36. The number of aromatic nitrogens is 8. The molecule has 12 nitrogen and oxygen atoms in total. The number of halogens is 1. The van der Waals surface area contributed by atoms with Crippen molar-refractivity contribution >= 4 is 89.9 Å². The molecule has 8 rings (SSSR count). The summed E-state index contributed by atoms with van der Waals surface area (Å²) in [6.45, 7) is 16.8. The minimum Gasteiger partial charge on any atom is -0.378 e. The van der Waals surface area contributed by atoms with Crippen LogP contribution in [0.3, 0.4) is 0 Å². The maximum atomic E-state index is 6.05. The second-order valence-corrected chi connectivity index (χ2v) is 33.3. The van der Waals surface area contributed by atoms with E-state index < -0.39 is 16.1 Å². The van der Waals surface area contributed by atoms with Gasteiger partial charge in [-0.3, -0.25) is 9.36 Å². The molecule has 0 radical (unpaired) electrons. The third-order valence-corrected chi connectivity index (χ3v) is 15.8. The number of hydrogen-bond donors (Lipinski definition) is 1. The molecule has 0 bridgehead atoms. The zero-order chi connectivity index (χ0) is 48.5. The highest BCUT2D eigenvalue weighted by Gasteiger charge is 2.18. The summed E-state index contributed by atoms with van der Waals surface area (Å²) in [6, 6.07) is 23.3. The Kier molecular flexibility index (Phi) is 17.9. The number of hydrogen-bond acceptors (Lipinski definition) is 10. The van der Waals surface area contributed by atoms with Gasteiger partial charge in [0.05, 0.1) is 12.4 Å². The summed E-state index contributed by atoms with van der Waals surface area (Å²) in [7, 11) is 9.84. The Morgan fingerprint density at radius 2 is 1.10 bits per heavy atom. The van der Waals surface area contributed by atoms with E-state index in [1.54, 1.807) is 11.8 Å². The highest BCUT2D eigenvalue weighted by atomic mass is 79.9. The SMILES string of the molecule is CN(C)c1cccc(S)c1.CN(C)c1cccc(Sc2cnc3c(c2)c(-c2cnn(C)c2)cn3COCC[Si](C)(C)C)c1.Cn1cc(-c2cn(COCC[Si](C)(C)C)c3ncc(Br)cc23)cn1. The number of pyridine rings is 2. The number of thiol groups is 1. The second-order valence-electron chi connectivity index (χ2n) is 19.5. The van der Waals surface area contributed by atoms with E-state index in [2.05, 4.69) is 171 Å². The van der Waals surface area contributed by atoms with Gasteiger partial charge >= 0.3 is 0 Å². The first-order chi connectivity index (χ1) is 31.7. The molecule has 0 saturated heterocycles. The summed E-state index contributed by atoms with van der Waals surface area (Å²) in [5, 5.41) is 10.9. The lowest BCUT2D eigenvalue weighted by atomic mass is 10.1. The van der Waals surface area contributed by atoms with Gasteiger partial charge in [-0.1, -0.05) is 63.2 Å². The molecule has 356 valence electrons. The van der Waals surface area contributed by atoms with E-state index >= 15 is 0 Å². The standard InChI is InChI=1S/C25H33N5OSSi.C17H23BrN4OSi.C8H11NS/c1-28(2)20-8-7-9-21(12-20)32-22-13-23-24(19-14-27-29(3)16-19)17-30(25(23)26-15-22)18-31-10-11-33(4,5)6;1-21-10-13(8-20-21)16-11-22(12-23-5-6-24(2,3)4)17-15(16)7-14(18)9-19-17;1-9(2)7-4-3-5-8(10)6-7/h7-9,12-17H,10-11,18H2,1-6H3;7-11H,5-6,12H2,1-4H3;3-6,10H,1-2H3. The van der Waals surface area contributed by atoms with Crippen LogP contribution < -0.4 is 9.80 Å². The van der Waals surface area contributed by atoms with Gasteiger partial charge in [0.1, 0.15) is 24.8 Å². The zero-order valence-electron chi connectivity index (χ0n) is 41.2. The number of aryl methyl sites for hydroxylation is 2. The molecule has 0 atom stereocenters. The van der Waals surface area contributed by atoms with Gasteiger partial charge in [-0.15, -0.1) is 12.6 Å². The maximum absolute atomic E-state index is 6.05. The van der Waals surface area contributed by atoms with Crippen molar-refractivity contribution in [3.05, 3.63) is 115 Å². The van der Waals surface area contributed by atoms with Crippen molar-refractivity contribution in [2.45, 2.75) is 79.5 Å². The van der Waals surface area contributed by atoms with E-state index in [-0.39, 0.29) is 0 Å². The number of anilines is 2. The van der Waals surface area contributed by atoms with Gasteiger partial charge in [-0.05, 0) is 76.5 Å². The van der Waals surface area contributed by atoms with Crippen LogP contribution in [0.15, 0.2) is 129 Å². The monoisotopic (exact) mass is 1040 g/mol. The zero-order valence-corrected chi connectivity index (χ0v) is 46.5. The Labute approximate surface area is 417 Å². The van der Waals surface area contributed by atoms with Crippen LogP contribution in [0.2, 0.25) is 51.4 Å². The summed E-state index contributed by atoms with van der Waals surface area (Å²) < 4.78 is 20.8. The Hall–Kier alpha value is -4.63. The Balaban J connectivity index is 0.000000189. The van der Waals surface area contributed by atoms with Gasteiger partial charge in [0.15, 0.2) is 0 Å². The van der Waals surface area contributed by atoms with E-state index in [0.29, 0.717) is 13.5 Å². The fourth-order valence-corrected chi connectivity index (χ4v) is 9.89. The number of rotatable bonds is 16. The molecular formula is C50H67BrN10O2S2Si2. The quantitative estimate of drug-likeness (QED) is 0.0577. The Morgan fingerprint density at radius 3 is 1.57 bits per heavy atom. The predicted molar refractivity (Wildman–Crippen MR) is 293 cm³/mol. The van der Waals surface area contributed by atoms with E-state index in [4.69, 9.17) is 14.5 Å². The smallest absolute Gasteiger partial charge is 0.142 e. The topological polar surface area (TPSA) is 96.2 Å². The molecule has 0 spiro atoms. The van der Waals surface area contributed by atoms with Crippen molar-refractivity contribution in [3.63, 3.8) is 0 Å². The molecular weight excluding hydrogens is 973 g/mol. The van der Waals surface area contributed by atoms with Crippen LogP contribution in [0.4, 0.5) is 11.4 Å². The van der Waals surface area contributed by atoms with Crippen molar-refractivity contribution in [1.82, 2.24) is 38.7 Å². The van der Waals surface area contributed by atoms with E-state index in [9.17, 15) is 0 Å². The molecule has 0 aliphatic heterocycles. The molecule has 17 heteroatoms. The van der Waals surface area contributed by atoms with Crippen LogP contribution in [0.25, 0.3) is 44.3 Å². The van der Waals surface area contributed by atoms with E-state index in [1.807, 2.05) is 92.9 Å². The molecule has 0 saturated carbocycles. The first kappa shape index (κ1) is 51.8. The molecule has 0 aliphatic rings. The van der Waals surface area contributed by atoms with Crippen molar-refractivity contribution in [3.8, 4) is 22.3 Å². The summed E-state index contributed by atoms with van der Waals surface area (Å²) in [4.78, 5) is 16.9. The average molecular weight is 1040 g/mol. The van der Waals surface area contributed by atoms with Crippen molar-refractivity contribution < 1.29 is 9.47 Å². The lowest BCUT2D eigenvalue weighted by Crippen LogP contribution is -2.22. The van der Waals surface area contributed by atoms with Crippen molar-refractivity contribution in [2.75, 3.05) is 51.2 Å². The van der Waals surface area contributed by atoms with E-state index in [0.717, 1.165) is 77.8 Å². The number of ether oxygens (including phenoxy) is 2. The number of benzene rings is 2. The second kappa shape index (κ2) is 23.1. The van der Waals surface area contributed by atoms with Crippen molar-refractivity contribution in [1.29, 1.82) is 0 Å². The van der Waals surface area contributed by atoms with Crippen LogP contribution in [0.5, 0.6) is 0 Å². The van der Waals surface area contributed by atoms with Gasteiger partial charge < -0.3 is 28.4 Å². The Morgan fingerprint density at radius 1 is 0.612 bits per heavy atom. The molecule has 0 N–H and O–H groups in total. The van der Waals surface area contributed by atoms with Gasteiger partial charge in [0.25, 0.3) is 0 Å². The normalized spacial score (nSPS) is 11.7. The average Bonchev–Trinajstić information content (AvgIpc) is 4.06. The summed E-state index contributed by atoms with van der Waals surface area (Å²) >= 11 is 9.47. The summed E-state index contributed by atoms with van der Waals surface area (Å²) in [6.07, 6.45) is 15.9. The van der Waals surface area contributed by atoms with Gasteiger partial charge in [-0.25, -0.2) is 9.97 Å². The van der Waals surface area contributed by atoms with Crippen molar-refractivity contribution in [2.24, 2.45) is 14.1 Å². The fourth-order valence-electron chi connectivity index (χ4n) is 6.95. The van der Waals surface area contributed by atoms with Gasteiger partial charge in [0, 0.05) is 172 Å². The third-order valence-electron chi connectivity index (χ3n) is 10.8. The molecule has 8 aromatic rings. The molecule has 2 aromatic carbocycles. The number of fused-ring (bicyclic) bond motifs is 2. The fraction of sp³-hybridized carbons (Fsp3) is 0.360. The molecule has 67 heavy (non-hydrogen) atoms. The first-order valence-corrected chi connectivity index (χ1v) is 31.9. The molecule has 0 fully saturated rings. The molecule has 0 amide bonds. The first-order valence-electron chi connectivity index (χ1n) is 22.4. The lowest BCUT2D eigenvalue weighted by Gasteiger charge is -2.15. The minimum atomic E-state index is -1.12. The van der Waals surface area contributed by atoms with Crippen LogP contribution in [-0.2, 0) is 37.0 Å². The highest BCUT2D eigenvalue weighted by molar-refractivity contribution is 9.10. The van der Waals surface area contributed by atoms with Gasteiger partial charge in [-0.2, -0.15) is 10.2 Å². The summed E-state index contributed by atoms with van der Waals surface area (Å²) in [5.41, 5.74) is 8.67. The summed E-state index contributed by atoms with van der Waals surface area (Å²) in [5.74, 6) is 0. The number of nitrogens with zero attached hydrogens (tertiary/aromatic N) is 10. The molecule has 0 aliphatic carbocycles. The van der Waals surface area contributed by atoms with Crippen LogP contribution >= 0.6 is 40.3 Å². The predicted octanol–water partition coefficient (Wildman–Crippen LogP) is 12.5. The molecule has 0 unspecified atom stereocenters. The minimum absolute atomic E-state index is 0.506. The third kappa shape index (κ3) is 15.2. The maximum Gasteiger partial charge on any atom is 0.142 e. The van der Waals surface area contributed by atoms with Crippen LogP contribution in [0.1, 0.15) is 0 Å². The van der Waals surface area contributed by atoms with Crippen LogP contribution in [-0.4, -0.2) is 96.2 Å². The Bertz CT molecular complexity index is 2860. The largest absolute Gasteiger partial charge is 0.378 e.